The van der Waals surface area contributed by atoms with E-state index in [0.29, 0.717) is 18.3 Å². The molecule has 102 valence electrons. The number of rotatable bonds is 5. The van der Waals surface area contributed by atoms with Gasteiger partial charge in [0.25, 0.3) is 0 Å². The van der Waals surface area contributed by atoms with Crippen molar-refractivity contribution >= 4 is 11.6 Å². The van der Waals surface area contributed by atoms with Crippen LogP contribution in [0, 0.1) is 24.2 Å². The monoisotopic (exact) mass is 259 g/mol. The normalized spacial score (nSPS) is 15.9. The zero-order chi connectivity index (χ0) is 14.0. The van der Waals surface area contributed by atoms with E-state index in [-0.39, 0.29) is 5.92 Å². The highest BCUT2D eigenvalue weighted by atomic mass is 15.2. The maximum absolute atomic E-state index is 8.97. The van der Waals surface area contributed by atoms with Crippen molar-refractivity contribution in [1.82, 2.24) is 9.97 Å². The van der Waals surface area contributed by atoms with Crippen molar-refractivity contribution < 1.29 is 0 Å². The summed E-state index contributed by atoms with van der Waals surface area (Å²) < 4.78 is 0. The molecule has 1 aliphatic carbocycles. The SMILES string of the molecule is CCN(CC(C)C#N)c1nc(C2CC2)nc(N)c1C. The molecule has 0 saturated heterocycles. The Balaban J connectivity index is 2.32. The Labute approximate surface area is 114 Å². The Morgan fingerprint density at radius 1 is 1.47 bits per heavy atom. The molecule has 0 bridgehead atoms. The fourth-order valence-electron chi connectivity index (χ4n) is 2.11. The Morgan fingerprint density at radius 3 is 2.68 bits per heavy atom. The van der Waals surface area contributed by atoms with Gasteiger partial charge in [0, 0.05) is 24.6 Å². The van der Waals surface area contributed by atoms with E-state index in [1.807, 2.05) is 13.8 Å². The molecule has 1 fully saturated rings. The van der Waals surface area contributed by atoms with E-state index in [9.17, 15) is 0 Å². The molecule has 1 unspecified atom stereocenters. The second-order valence-electron chi connectivity index (χ2n) is 5.26. The van der Waals surface area contributed by atoms with E-state index in [4.69, 9.17) is 11.0 Å². The molecule has 0 radical (unpaired) electrons. The van der Waals surface area contributed by atoms with Gasteiger partial charge in [0.15, 0.2) is 0 Å². The lowest BCUT2D eigenvalue weighted by molar-refractivity contribution is 0.674. The van der Waals surface area contributed by atoms with Crippen LogP contribution in [0.1, 0.15) is 44.0 Å². The van der Waals surface area contributed by atoms with Crippen LogP contribution in [0.3, 0.4) is 0 Å². The molecule has 5 nitrogen and oxygen atoms in total. The van der Waals surface area contributed by atoms with Crippen LogP contribution >= 0.6 is 0 Å². The number of aromatic nitrogens is 2. The quantitative estimate of drug-likeness (QED) is 0.877. The van der Waals surface area contributed by atoms with E-state index in [1.54, 1.807) is 0 Å². The summed E-state index contributed by atoms with van der Waals surface area (Å²) in [6.45, 7) is 7.42. The molecule has 0 aliphatic heterocycles. The van der Waals surface area contributed by atoms with Crippen molar-refractivity contribution in [2.75, 3.05) is 23.7 Å². The van der Waals surface area contributed by atoms with Crippen molar-refractivity contribution in [3.63, 3.8) is 0 Å². The van der Waals surface area contributed by atoms with Crippen LogP contribution in [0.2, 0.25) is 0 Å². The first-order chi connectivity index (χ1) is 9.06. The molecule has 0 aromatic carbocycles. The third kappa shape index (κ3) is 2.95. The van der Waals surface area contributed by atoms with Crippen LogP contribution in [-0.4, -0.2) is 23.1 Å². The molecule has 1 atom stereocenters. The van der Waals surface area contributed by atoms with Gasteiger partial charge in [-0.15, -0.1) is 0 Å². The number of nitrogens with two attached hydrogens (primary N) is 1. The maximum atomic E-state index is 8.97. The minimum absolute atomic E-state index is 0.0279. The number of nitrogens with zero attached hydrogens (tertiary/aromatic N) is 4. The molecule has 5 heteroatoms. The summed E-state index contributed by atoms with van der Waals surface area (Å²) in [6, 6.07) is 2.27. The summed E-state index contributed by atoms with van der Waals surface area (Å²) in [7, 11) is 0. The van der Waals surface area contributed by atoms with Gasteiger partial charge in [0.2, 0.25) is 0 Å². The number of anilines is 2. The molecule has 1 aromatic heterocycles. The van der Waals surface area contributed by atoms with Gasteiger partial charge in [0.05, 0.1) is 12.0 Å². The maximum Gasteiger partial charge on any atom is 0.137 e. The van der Waals surface area contributed by atoms with Gasteiger partial charge < -0.3 is 10.6 Å². The summed E-state index contributed by atoms with van der Waals surface area (Å²) in [4.78, 5) is 11.2. The lowest BCUT2D eigenvalue weighted by Crippen LogP contribution is -2.30. The smallest absolute Gasteiger partial charge is 0.137 e. The molecular weight excluding hydrogens is 238 g/mol. The van der Waals surface area contributed by atoms with E-state index in [0.717, 1.165) is 36.6 Å². The van der Waals surface area contributed by atoms with Gasteiger partial charge >= 0.3 is 0 Å². The van der Waals surface area contributed by atoms with Crippen LogP contribution in [0.25, 0.3) is 0 Å². The van der Waals surface area contributed by atoms with Crippen LogP contribution in [0.15, 0.2) is 0 Å². The third-order valence-electron chi connectivity index (χ3n) is 3.51. The summed E-state index contributed by atoms with van der Waals surface area (Å²) in [6.07, 6.45) is 2.31. The fourth-order valence-corrected chi connectivity index (χ4v) is 2.11. The Hall–Kier alpha value is -1.83. The number of nitrogen functional groups attached to an aromatic ring is 1. The highest BCUT2D eigenvalue weighted by molar-refractivity contribution is 5.57. The number of hydrogen-bond acceptors (Lipinski definition) is 5. The molecule has 2 N–H and O–H groups in total. The summed E-state index contributed by atoms with van der Waals surface area (Å²) in [5, 5.41) is 8.97. The minimum atomic E-state index is -0.0279. The van der Waals surface area contributed by atoms with E-state index < -0.39 is 0 Å². The third-order valence-corrected chi connectivity index (χ3v) is 3.51. The van der Waals surface area contributed by atoms with Crippen molar-refractivity contribution in [2.45, 2.75) is 39.5 Å². The molecule has 1 heterocycles. The van der Waals surface area contributed by atoms with Crippen LogP contribution in [0.4, 0.5) is 11.6 Å². The van der Waals surface area contributed by atoms with Crippen molar-refractivity contribution in [1.29, 1.82) is 5.26 Å². The molecular formula is C14H21N5. The van der Waals surface area contributed by atoms with Gasteiger partial charge in [-0.1, -0.05) is 0 Å². The second-order valence-corrected chi connectivity index (χ2v) is 5.26. The largest absolute Gasteiger partial charge is 0.383 e. The molecule has 1 aromatic rings. The zero-order valence-electron chi connectivity index (χ0n) is 11.8. The Kier molecular flexibility index (Phi) is 3.89. The molecule has 1 aliphatic rings. The van der Waals surface area contributed by atoms with Crippen molar-refractivity contribution in [3.8, 4) is 6.07 Å². The Bertz CT molecular complexity index is 501. The van der Waals surface area contributed by atoms with E-state index in [1.165, 1.54) is 0 Å². The topological polar surface area (TPSA) is 78.8 Å². The molecule has 1 saturated carbocycles. The standard InChI is InChI=1S/C14H21N5/c1-4-19(8-9(2)7-15)14-10(3)12(16)17-13(18-14)11-5-6-11/h9,11H,4-6,8H2,1-3H3,(H2,16,17,18). The summed E-state index contributed by atoms with van der Waals surface area (Å²) in [5.41, 5.74) is 6.91. The number of nitriles is 1. The predicted molar refractivity (Wildman–Crippen MR) is 75.8 cm³/mol. The summed E-state index contributed by atoms with van der Waals surface area (Å²) in [5.74, 6) is 2.77. The Morgan fingerprint density at radius 2 is 2.16 bits per heavy atom. The molecule has 19 heavy (non-hydrogen) atoms. The molecule has 0 spiro atoms. The van der Waals surface area contributed by atoms with Crippen molar-refractivity contribution in [3.05, 3.63) is 11.4 Å². The van der Waals surface area contributed by atoms with Gasteiger partial charge in [-0.25, -0.2) is 9.97 Å². The zero-order valence-corrected chi connectivity index (χ0v) is 11.8. The predicted octanol–water partition coefficient (Wildman–Crippen LogP) is 2.23. The van der Waals surface area contributed by atoms with Gasteiger partial charge in [-0.2, -0.15) is 5.26 Å². The highest BCUT2D eigenvalue weighted by Gasteiger charge is 2.28. The van der Waals surface area contributed by atoms with Gasteiger partial charge in [0.1, 0.15) is 17.5 Å². The average molecular weight is 259 g/mol. The highest BCUT2D eigenvalue weighted by Crippen LogP contribution is 2.39. The number of hydrogen-bond donors (Lipinski definition) is 1. The molecule has 0 amide bonds. The van der Waals surface area contributed by atoms with E-state index in [2.05, 4.69) is 27.9 Å². The lowest BCUT2D eigenvalue weighted by Gasteiger charge is -2.25. The summed E-state index contributed by atoms with van der Waals surface area (Å²) >= 11 is 0. The molecule has 2 rings (SSSR count). The lowest BCUT2D eigenvalue weighted by atomic mass is 10.2. The van der Waals surface area contributed by atoms with E-state index >= 15 is 0 Å². The van der Waals surface area contributed by atoms with Crippen LogP contribution in [0.5, 0.6) is 0 Å². The minimum Gasteiger partial charge on any atom is -0.383 e. The average Bonchev–Trinajstić information content (AvgIpc) is 3.23. The van der Waals surface area contributed by atoms with Crippen LogP contribution in [-0.2, 0) is 0 Å². The van der Waals surface area contributed by atoms with Gasteiger partial charge in [-0.05, 0) is 33.6 Å². The fraction of sp³-hybridized carbons (Fsp3) is 0.643. The first kappa shape index (κ1) is 13.6. The second kappa shape index (κ2) is 5.43. The van der Waals surface area contributed by atoms with Crippen LogP contribution < -0.4 is 10.6 Å². The van der Waals surface area contributed by atoms with Crippen molar-refractivity contribution in [2.24, 2.45) is 5.92 Å². The van der Waals surface area contributed by atoms with Gasteiger partial charge in [-0.3, -0.25) is 0 Å². The first-order valence-corrected chi connectivity index (χ1v) is 6.85. The first-order valence-electron chi connectivity index (χ1n) is 6.85.